The minimum absolute atomic E-state index is 0.0362. The second-order valence-electron chi connectivity index (χ2n) is 5.67. The van der Waals surface area contributed by atoms with Crippen molar-refractivity contribution in [1.82, 2.24) is 0 Å². The van der Waals surface area contributed by atoms with E-state index in [1.807, 2.05) is 13.0 Å². The smallest absolute Gasteiger partial charge is 0.326 e. The number of carbonyl (C=O) groups excluding carboxylic acids is 1. The number of anilines is 1. The highest BCUT2D eigenvalue weighted by atomic mass is 79.9. The van der Waals surface area contributed by atoms with Gasteiger partial charge in [0.1, 0.15) is 12.3 Å². The summed E-state index contributed by atoms with van der Waals surface area (Å²) in [5, 5.41) is 0. The number of carbonyl (C=O) groups is 1. The van der Waals surface area contributed by atoms with Gasteiger partial charge in [-0.05, 0) is 59.6 Å². The summed E-state index contributed by atoms with van der Waals surface area (Å²) < 4.78 is 37.8. The van der Waals surface area contributed by atoms with Crippen LogP contribution >= 0.6 is 15.9 Å². The van der Waals surface area contributed by atoms with Crippen LogP contribution in [0.2, 0.25) is 0 Å². The molecule has 0 aromatic heterocycles. The predicted octanol–water partition coefficient (Wildman–Crippen LogP) is 3.44. The van der Waals surface area contributed by atoms with E-state index in [0.717, 1.165) is 15.4 Å². The molecule has 0 bridgehead atoms. The Bertz CT molecular complexity index is 927. The van der Waals surface area contributed by atoms with Crippen LogP contribution in [0, 0.1) is 13.8 Å². The number of sulfonamides is 1. The Hall–Kier alpha value is -2.06. The second-order valence-corrected chi connectivity index (χ2v) is 8.39. The zero-order valence-corrected chi connectivity index (χ0v) is 17.3. The molecule has 0 aliphatic heterocycles. The first kappa shape index (κ1) is 20.3. The molecule has 0 saturated carbocycles. The fraction of sp³-hybridized carbons (Fsp3) is 0.278. The van der Waals surface area contributed by atoms with Crippen LogP contribution in [-0.4, -0.2) is 35.2 Å². The van der Waals surface area contributed by atoms with Crippen molar-refractivity contribution in [2.45, 2.75) is 18.7 Å². The summed E-state index contributed by atoms with van der Waals surface area (Å²) in [5.74, 6) is -0.142. The van der Waals surface area contributed by atoms with Gasteiger partial charge in [-0.25, -0.2) is 8.42 Å². The number of aryl methyl sites for hydroxylation is 2. The largest absolute Gasteiger partial charge is 0.496 e. The quantitative estimate of drug-likeness (QED) is 0.641. The van der Waals surface area contributed by atoms with E-state index in [-0.39, 0.29) is 4.90 Å². The molecule has 0 amide bonds. The molecule has 0 saturated heterocycles. The first-order chi connectivity index (χ1) is 12.2. The lowest BCUT2D eigenvalue weighted by Gasteiger charge is -2.25. The van der Waals surface area contributed by atoms with Gasteiger partial charge in [0.25, 0.3) is 10.0 Å². The van der Waals surface area contributed by atoms with Crippen LogP contribution in [0.25, 0.3) is 0 Å². The van der Waals surface area contributed by atoms with Gasteiger partial charge < -0.3 is 9.47 Å². The van der Waals surface area contributed by atoms with E-state index in [1.54, 1.807) is 25.1 Å². The third-order valence-corrected chi connectivity index (χ3v) is 6.21. The molecule has 6 nitrogen and oxygen atoms in total. The zero-order chi connectivity index (χ0) is 19.5. The van der Waals surface area contributed by atoms with Crippen LogP contribution in [0.15, 0.2) is 45.8 Å². The van der Waals surface area contributed by atoms with Gasteiger partial charge in [-0.3, -0.25) is 9.10 Å². The molecule has 0 heterocycles. The summed E-state index contributed by atoms with van der Waals surface area (Å²) in [6.07, 6.45) is 0. The number of rotatable bonds is 6. The Morgan fingerprint density at radius 1 is 1.12 bits per heavy atom. The first-order valence-corrected chi connectivity index (χ1v) is 9.94. The normalized spacial score (nSPS) is 11.1. The highest BCUT2D eigenvalue weighted by Gasteiger charge is 2.29. The van der Waals surface area contributed by atoms with Crippen LogP contribution < -0.4 is 9.04 Å². The SMILES string of the molecule is COC(=O)CN(c1ccc(C)cc1C)S(=O)(=O)c1ccc(OC)c(Br)c1. The molecule has 8 heteroatoms. The molecule has 2 aromatic rings. The molecule has 0 aliphatic rings. The lowest BCUT2D eigenvalue weighted by Crippen LogP contribution is -2.36. The monoisotopic (exact) mass is 441 g/mol. The molecule has 0 radical (unpaired) electrons. The minimum Gasteiger partial charge on any atom is -0.496 e. The maximum atomic E-state index is 13.2. The molecule has 140 valence electrons. The Kier molecular flexibility index (Phi) is 6.30. The standard InChI is InChI=1S/C18H20BrNO5S/c1-12-5-7-16(13(2)9-12)20(11-18(21)25-4)26(22,23)14-6-8-17(24-3)15(19)10-14/h5-10H,11H2,1-4H3. The maximum Gasteiger partial charge on any atom is 0.326 e. The number of hydrogen-bond acceptors (Lipinski definition) is 5. The van der Waals surface area contributed by atoms with Crippen molar-refractivity contribution in [1.29, 1.82) is 0 Å². The molecule has 0 spiro atoms. The second kappa shape index (κ2) is 8.09. The Labute approximate surface area is 161 Å². The molecule has 2 aromatic carbocycles. The van der Waals surface area contributed by atoms with Crippen LogP contribution in [0.3, 0.4) is 0 Å². The van der Waals surface area contributed by atoms with E-state index in [1.165, 1.54) is 26.4 Å². The van der Waals surface area contributed by atoms with Crippen LogP contribution in [0.4, 0.5) is 5.69 Å². The summed E-state index contributed by atoms with van der Waals surface area (Å²) in [6, 6.07) is 9.78. The van der Waals surface area contributed by atoms with Crippen molar-refractivity contribution in [2.75, 3.05) is 25.1 Å². The van der Waals surface area contributed by atoms with Crippen LogP contribution in [-0.2, 0) is 19.6 Å². The Morgan fingerprint density at radius 3 is 2.35 bits per heavy atom. The minimum atomic E-state index is -4.00. The van der Waals surface area contributed by atoms with E-state index in [2.05, 4.69) is 20.7 Å². The van der Waals surface area contributed by atoms with Gasteiger partial charge in [-0.15, -0.1) is 0 Å². The van der Waals surface area contributed by atoms with E-state index in [0.29, 0.717) is 15.9 Å². The maximum absolute atomic E-state index is 13.2. The number of benzene rings is 2. The van der Waals surface area contributed by atoms with Crippen molar-refractivity contribution in [2.24, 2.45) is 0 Å². The highest BCUT2D eigenvalue weighted by Crippen LogP contribution is 2.32. The summed E-state index contributed by atoms with van der Waals surface area (Å²) in [7, 11) is -1.28. The summed E-state index contributed by atoms with van der Waals surface area (Å²) in [6.45, 7) is 3.29. The van der Waals surface area contributed by atoms with Gasteiger partial charge in [0.05, 0.1) is 29.3 Å². The number of nitrogens with zero attached hydrogens (tertiary/aromatic N) is 1. The van der Waals surface area contributed by atoms with Gasteiger partial charge in [-0.1, -0.05) is 17.7 Å². The molecule has 26 heavy (non-hydrogen) atoms. The number of esters is 1. The topological polar surface area (TPSA) is 72.9 Å². The lowest BCUT2D eigenvalue weighted by atomic mass is 10.1. The average molecular weight is 442 g/mol. The number of methoxy groups -OCH3 is 2. The van der Waals surface area contributed by atoms with Crippen molar-refractivity contribution in [3.63, 3.8) is 0 Å². The van der Waals surface area contributed by atoms with Crippen molar-refractivity contribution in [3.05, 3.63) is 52.0 Å². The van der Waals surface area contributed by atoms with Crippen LogP contribution in [0.5, 0.6) is 5.75 Å². The summed E-state index contributed by atoms with van der Waals surface area (Å²) in [5.41, 5.74) is 2.16. The molecule has 0 unspecified atom stereocenters. The highest BCUT2D eigenvalue weighted by molar-refractivity contribution is 9.10. The Morgan fingerprint density at radius 2 is 1.81 bits per heavy atom. The number of hydrogen-bond donors (Lipinski definition) is 0. The zero-order valence-electron chi connectivity index (χ0n) is 14.9. The molecular formula is C18H20BrNO5S. The fourth-order valence-electron chi connectivity index (χ4n) is 2.50. The van der Waals surface area contributed by atoms with Gasteiger partial charge in [-0.2, -0.15) is 0 Å². The predicted molar refractivity (Wildman–Crippen MR) is 103 cm³/mol. The third kappa shape index (κ3) is 4.19. The molecular weight excluding hydrogens is 422 g/mol. The van der Waals surface area contributed by atoms with E-state index < -0.39 is 22.5 Å². The molecule has 2 rings (SSSR count). The summed E-state index contributed by atoms with van der Waals surface area (Å²) in [4.78, 5) is 11.9. The van der Waals surface area contributed by atoms with E-state index >= 15 is 0 Å². The number of halogens is 1. The fourth-order valence-corrected chi connectivity index (χ4v) is 4.69. The molecule has 0 N–H and O–H groups in total. The van der Waals surface area contributed by atoms with Crippen molar-refractivity contribution in [3.8, 4) is 5.75 Å². The van der Waals surface area contributed by atoms with Gasteiger partial charge >= 0.3 is 5.97 Å². The lowest BCUT2D eigenvalue weighted by molar-refractivity contribution is -0.138. The van der Waals surface area contributed by atoms with Crippen molar-refractivity contribution >= 4 is 37.6 Å². The molecule has 0 fully saturated rings. The van der Waals surface area contributed by atoms with Gasteiger partial charge in [0.15, 0.2) is 0 Å². The molecule has 0 atom stereocenters. The average Bonchev–Trinajstić information content (AvgIpc) is 2.59. The number of ether oxygens (including phenoxy) is 2. The van der Waals surface area contributed by atoms with Crippen LogP contribution in [0.1, 0.15) is 11.1 Å². The first-order valence-electron chi connectivity index (χ1n) is 7.71. The van der Waals surface area contributed by atoms with E-state index in [9.17, 15) is 13.2 Å². The molecule has 0 aliphatic carbocycles. The third-order valence-electron chi connectivity index (χ3n) is 3.83. The van der Waals surface area contributed by atoms with E-state index in [4.69, 9.17) is 4.74 Å². The Balaban J connectivity index is 2.59. The van der Waals surface area contributed by atoms with Gasteiger partial charge in [0.2, 0.25) is 0 Å². The van der Waals surface area contributed by atoms with Crippen molar-refractivity contribution < 1.29 is 22.7 Å². The van der Waals surface area contributed by atoms with Gasteiger partial charge in [0, 0.05) is 0 Å². The summed E-state index contributed by atoms with van der Waals surface area (Å²) >= 11 is 3.29.